The number of hydrogen-bond donors (Lipinski definition) is 1. The van der Waals surface area contributed by atoms with Crippen LogP contribution in [-0.4, -0.2) is 24.4 Å². The molecule has 0 bridgehead atoms. The zero-order valence-corrected chi connectivity index (χ0v) is 13.0. The highest BCUT2D eigenvalue weighted by molar-refractivity contribution is 5.63. The Labute approximate surface area is 133 Å². The highest BCUT2D eigenvalue weighted by Crippen LogP contribution is 2.20. The van der Waals surface area contributed by atoms with E-state index in [2.05, 4.69) is 23.9 Å². The van der Waals surface area contributed by atoms with Crippen LogP contribution in [0.15, 0.2) is 54.0 Å². The van der Waals surface area contributed by atoms with Crippen LogP contribution in [0.5, 0.6) is 5.75 Å². The van der Waals surface area contributed by atoms with Crippen LogP contribution in [0.4, 0.5) is 0 Å². The van der Waals surface area contributed by atoms with Crippen LogP contribution in [0.25, 0.3) is 16.9 Å². The van der Waals surface area contributed by atoms with E-state index in [1.165, 1.54) is 12.3 Å². The molecule has 3 heterocycles. The first kappa shape index (κ1) is 15.0. The molecule has 3 aromatic rings. The van der Waals surface area contributed by atoms with Crippen molar-refractivity contribution in [3.05, 3.63) is 59.4 Å². The minimum atomic E-state index is -0.410. The molecule has 0 saturated carbocycles. The molecule has 0 aromatic carbocycles. The fourth-order valence-electron chi connectivity index (χ4n) is 2.34. The average Bonchev–Trinajstić information content (AvgIpc) is 2.98. The van der Waals surface area contributed by atoms with E-state index in [1.54, 1.807) is 17.0 Å². The highest BCUT2D eigenvalue weighted by atomic mass is 16.3. The average molecular weight is 310 g/mol. The lowest BCUT2D eigenvalue weighted by atomic mass is 10.1. The summed E-state index contributed by atoms with van der Waals surface area (Å²) >= 11 is 0. The van der Waals surface area contributed by atoms with Gasteiger partial charge in [0, 0.05) is 36.8 Å². The minimum absolute atomic E-state index is 0.301. The van der Waals surface area contributed by atoms with E-state index in [0.29, 0.717) is 11.7 Å². The molecule has 0 atom stereocenters. The fourth-order valence-corrected chi connectivity index (χ4v) is 2.34. The second kappa shape index (κ2) is 6.08. The molecule has 6 heteroatoms. The van der Waals surface area contributed by atoms with Crippen LogP contribution in [-0.2, 0) is 6.54 Å². The van der Waals surface area contributed by atoms with E-state index < -0.39 is 5.43 Å². The van der Waals surface area contributed by atoms with E-state index in [-0.39, 0.29) is 5.75 Å². The first-order chi connectivity index (χ1) is 11.0. The Morgan fingerprint density at radius 3 is 2.78 bits per heavy atom. The Balaban J connectivity index is 1.94. The predicted molar refractivity (Wildman–Crippen MR) is 87.6 cm³/mol. The van der Waals surface area contributed by atoms with E-state index in [1.807, 2.05) is 29.2 Å². The molecule has 0 fully saturated rings. The summed E-state index contributed by atoms with van der Waals surface area (Å²) in [5.41, 5.74) is 1.56. The summed E-state index contributed by atoms with van der Waals surface area (Å²) in [6.07, 6.45) is 8.46. The van der Waals surface area contributed by atoms with Crippen LogP contribution < -0.4 is 5.43 Å². The molecule has 6 nitrogen and oxygen atoms in total. The number of aromatic hydroxyl groups is 1. The molecule has 0 unspecified atom stereocenters. The van der Waals surface area contributed by atoms with Crippen LogP contribution in [0.1, 0.15) is 13.8 Å². The molecule has 118 valence electrons. The summed E-state index contributed by atoms with van der Waals surface area (Å²) in [4.78, 5) is 15.6. The van der Waals surface area contributed by atoms with Crippen molar-refractivity contribution < 1.29 is 5.11 Å². The number of hydrogen-bond acceptors (Lipinski definition) is 4. The molecule has 0 amide bonds. The van der Waals surface area contributed by atoms with Crippen LogP contribution in [0, 0.1) is 5.92 Å². The first-order valence-electron chi connectivity index (χ1n) is 7.43. The van der Waals surface area contributed by atoms with Gasteiger partial charge in [-0.2, -0.15) is 5.10 Å². The van der Waals surface area contributed by atoms with Crippen LogP contribution >= 0.6 is 0 Å². The molecule has 0 radical (unpaired) electrons. The molecular weight excluding hydrogens is 292 g/mol. The Hall–Kier alpha value is -2.89. The highest BCUT2D eigenvalue weighted by Gasteiger charge is 2.06. The topological polar surface area (TPSA) is 72.9 Å². The molecule has 0 aliphatic heterocycles. The quantitative estimate of drug-likeness (QED) is 0.803. The maximum Gasteiger partial charge on any atom is 0.223 e. The summed E-state index contributed by atoms with van der Waals surface area (Å²) in [6.45, 7) is 5.16. The smallest absolute Gasteiger partial charge is 0.223 e. The van der Waals surface area contributed by atoms with Gasteiger partial charge in [0.1, 0.15) is 5.82 Å². The molecule has 1 N–H and O–H groups in total. The maximum absolute atomic E-state index is 11.3. The monoisotopic (exact) mass is 310 g/mol. The van der Waals surface area contributed by atoms with E-state index in [9.17, 15) is 9.90 Å². The lowest BCUT2D eigenvalue weighted by Crippen LogP contribution is -2.04. The summed E-state index contributed by atoms with van der Waals surface area (Å²) in [7, 11) is 0. The van der Waals surface area contributed by atoms with Crippen molar-refractivity contribution in [1.82, 2.24) is 19.3 Å². The van der Waals surface area contributed by atoms with Gasteiger partial charge in [0.15, 0.2) is 5.75 Å². The Kier molecular flexibility index (Phi) is 3.97. The third-order valence-electron chi connectivity index (χ3n) is 3.43. The first-order valence-corrected chi connectivity index (χ1v) is 7.43. The second-order valence-corrected chi connectivity index (χ2v) is 5.85. The molecule has 3 aromatic heterocycles. The van der Waals surface area contributed by atoms with Gasteiger partial charge in [0.05, 0.1) is 12.4 Å². The molecule has 0 aliphatic carbocycles. The molecule has 0 spiro atoms. The van der Waals surface area contributed by atoms with Crippen LogP contribution in [0.3, 0.4) is 0 Å². The van der Waals surface area contributed by atoms with Gasteiger partial charge in [-0.15, -0.1) is 0 Å². The van der Waals surface area contributed by atoms with Gasteiger partial charge in [-0.1, -0.05) is 13.8 Å². The Morgan fingerprint density at radius 2 is 2.04 bits per heavy atom. The van der Waals surface area contributed by atoms with E-state index in [4.69, 9.17) is 0 Å². The Bertz CT molecular complexity index is 880. The van der Waals surface area contributed by atoms with E-state index in [0.717, 1.165) is 17.7 Å². The standard InChI is InChI=1S/C17H18N4O2/c1-12(2)9-21-10-14(8-19-21)13-3-5-18-17(7-13)20-6-4-15(22)16(23)11-20/h3-8,10-12,23H,9H2,1-2H3. The fraction of sp³-hybridized carbons (Fsp3) is 0.235. The zero-order valence-electron chi connectivity index (χ0n) is 13.0. The molecule has 3 rings (SSSR count). The van der Waals surface area contributed by atoms with Crippen molar-refractivity contribution in [2.24, 2.45) is 5.92 Å². The summed E-state index contributed by atoms with van der Waals surface area (Å²) in [5.74, 6) is 0.846. The number of nitrogens with zero attached hydrogens (tertiary/aromatic N) is 4. The van der Waals surface area contributed by atoms with Crippen molar-refractivity contribution in [3.8, 4) is 22.7 Å². The van der Waals surface area contributed by atoms with Gasteiger partial charge < -0.3 is 9.67 Å². The number of aromatic nitrogens is 4. The van der Waals surface area contributed by atoms with Gasteiger partial charge >= 0.3 is 0 Å². The number of rotatable bonds is 4. The van der Waals surface area contributed by atoms with Gasteiger partial charge in [0.25, 0.3) is 0 Å². The zero-order chi connectivity index (χ0) is 16.4. The second-order valence-electron chi connectivity index (χ2n) is 5.85. The minimum Gasteiger partial charge on any atom is -0.503 e. The summed E-state index contributed by atoms with van der Waals surface area (Å²) < 4.78 is 3.53. The van der Waals surface area contributed by atoms with Crippen LogP contribution in [0.2, 0.25) is 0 Å². The third-order valence-corrected chi connectivity index (χ3v) is 3.43. The van der Waals surface area contributed by atoms with Crippen molar-refractivity contribution >= 4 is 0 Å². The van der Waals surface area contributed by atoms with Gasteiger partial charge in [-0.05, 0) is 23.6 Å². The van der Waals surface area contributed by atoms with Crippen molar-refractivity contribution in [2.75, 3.05) is 0 Å². The molecule has 23 heavy (non-hydrogen) atoms. The SMILES string of the molecule is CC(C)Cn1cc(-c2ccnc(-n3ccc(=O)c(O)c3)c2)cn1. The van der Waals surface area contributed by atoms with Gasteiger partial charge in [0.2, 0.25) is 5.43 Å². The Morgan fingerprint density at radius 1 is 1.22 bits per heavy atom. The molecule has 0 saturated heterocycles. The van der Waals surface area contributed by atoms with Crippen molar-refractivity contribution in [1.29, 1.82) is 0 Å². The summed E-state index contributed by atoms with van der Waals surface area (Å²) in [5, 5.41) is 13.9. The molecule has 0 aliphatic rings. The van der Waals surface area contributed by atoms with Crippen molar-refractivity contribution in [3.63, 3.8) is 0 Å². The summed E-state index contributed by atoms with van der Waals surface area (Å²) in [6, 6.07) is 5.10. The third kappa shape index (κ3) is 3.31. The normalized spacial score (nSPS) is 11.1. The maximum atomic E-state index is 11.3. The predicted octanol–water partition coefficient (Wildman–Crippen LogP) is 2.46. The molecular formula is C17H18N4O2. The van der Waals surface area contributed by atoms with Gasteiger partial charge in [-0.25, -0.2) is 4.98 Å². The lowest BCUT2D eigenvalue weighted by molar-refractivity contribution is 0.465. The lowest BCUT2D eigenvalue weighted by Gasteiger charge is -2.07. The van der Waals surface area contributed by atoms with E-state index >= 15 is 0 Å². The largest absolute Gasteiger partial charge is 0.503 e. The number of pyridine rings is 2. The van der Waals surface area contributed by atoms with Crippen molar-refractivity contribution in [2.45, 2.75) is 20.4 Å². The van der Waals surface area contributed by atoms with Gasteiger partial charge in [-0.3, -0.25) is 9.48 Å².